The van der Waals surface area contributed by atoms with Crippen LogP contribution in [0, 0.1) is 11.3 Å². The molecule has 4 nitrogen and oxygen atoms in total. The Labute approximate surface area is 125 Å². The number of aromatic nitrogens is 1. The predicted octanol–water partition coefficient (Wildman–Crippen LogP) is 2.35. The molecule has 3 rings (SSSR count). The number of rotatable bonds is 1. The summed E-state index contributed by atoms with van der Waals surface area (Å²) in [6.45, 7) is 8.15. The summed E-state index contributed by atoms with van der Waals surface area (Å²) in [5.74, 6) is 0. The summed E-state index contributed by atoms with van der Waals surface area (Å²) in [6, 6.07) is 9.97. The molecular formula is C16H19BN2O2. The van der Waals surface area contributed by atoms with Crippen molar-refractivity contribution in [1.29, 1.82) is 5.26 Å². The summed E-state index contributed by atoms with van der Waals surface area (Å²) < 4.78 is 14.3. The highest BCUT2D eigenvalue weighted by Crippen LogP contribution is 2.36. The molecule has 1 fully saturated rings. The van der Waals surface area contributed by atoms with Crippen molar-refractivity contribution in [2.45, 2.75) is 38.9 Å². The fraction of sp³-hybridized carbons (Fsp3) is 0.438. The Bertz CT molecular complexity index is 739. The van der Waals surface area contributed by atoms with Gasteiger partial charge >= 0.3 is 7.12 Å². The van der Waals surface area contributed by atoms with E-state index in [4.69, 9.17) is 9.31 Å². The second-order valence-electron chi connectivity index (χ2n) is 6.57. The van der Waals surface area contributed by atoms with Crippen LogP contribution in [0.15, 0.2) is 24.3 Å². The molecule has 0 atom stereocenters. The smallest absolute Gasteiger partial charge is 0.398 e. The van der Waals surface area contributed by atoms with Gasteiger partial charge in [-0.15, -0.1) is 0 Å². The first-order valence-electron chi connectivity index (χ1n) is 7.11. The van der Waals surface area contributed by atoms with E-state index < -0.39 is 7.12 Å². The van der Waals surface area contributed by atoms with Crippen LogP contribution in [0.4, 0.5) is 0 Å². The van der Waals surface area contributed by atoms with E-state index >= 15 is 0 Å². The minimum absolute atomic E-state index is 0.369. The standard InChI is InChI=1S/C16H19BN2O2/c1-15(2)16(3,4)21-17(20-15)14-9-12-11(10-18)7-6-8-13(12)19(14)5/h6-9H,1-5H3. The van der Waals surface area contributed by atoms with Crippen LogP contribution in [0.5, 0.6) is 0 Å². The molecule has 108 valence electrons. The summed E-state index contributed by atoms with van der Waals surface area (Å²) in [5.41, 5.74) is 1.88. The predicted molar refractivity (Wildman–Crippen MR) is 83.4 cm³/mol. The zero-order valence-corrected chi connectivity index (χ0v) is 13.1. The molecule has 0 N–H and O–H groups in total. The van der Waals surface area contributed by atoms with Gasteiger partial charge < -0.3 is 13.9 Å². The van der Waals surface area contributed by atoms with Gasteiger partial charge in [-0.3, -0.25) is 0 Å². The van der Waals surface area contributed by atoms with Crippen molar-refractivity contribution in [2.75, 3.05) is 0 Å². The van der Waals surface area contributed by atoms with Gasteiger partial charge in [0.05, 0.1) is 22.8 Å². The average molecular weight is 282 g/mol. The highest BCUT2D eigenvalue weighted by atomic mass is 16.7. The molecule has 0 radical (unpaired) electrons. The van der Waals surface area contributed by atoms with Gasteiger partial charge in [0.25, 0.3) is 0 Å². The molecule has 2 heterocycles. The molecule has 2 aromatic rings. The number of nitrogens with zero attached hydrogens (tertiary/aromatic N) is 2. The largest absolute Gasteiger partial charge is 0.512 e. The number of benzene rings is 1. The Hall–Kier alpha value is -1.77. The molecule has 21 heavy (non-hydrogen) atoms. The fourth-order valence-electron chi connectivity index (χ4n) is 2.67. The van der Waals surface area contributed by atoms with Crippen LogP contribution in [0.3, 0.4) is 0 Å². The van der Waals surface area contributed by atoms with Crippen molar-refractivity contribution in [3.8, 4) is 6.07 Å². The SMILES string of the molecule is Cn1c(B2OC(C)(C)C(C)(C)O2)cc2c(C#N)cccc21. The van der Waals surface area contributed by atoms with E-state index in [0.717, 1.165) is 16.5 Å². The minimum Gasteiger partial charge on any atom is -0.398 e. The maximum absolute atomic E-state index is 9.25. The molecule has 0 bridgehead atoms. The van der Waals surface area contributed by atoms with Gasteiger partial charge in [0.15, 0.2) is 0 Å². The monoisotopic (exact) mass is 282 g/mol. The molecule has 0 aliphatic carbocycles. The molecule has 1 aromatic carbocycles. The second-order valence-corrected chi connectivity index (χ2v) is 6.57. The Kier molecular flexibility index (Phi) is 2.95. The summed E-state index contributed by atoms with van der Waals surface area (Å²) >= 11 is 0. The number of hydrogen-bond donors (Lipinski definition) is 0. The van der Waals surface area contributed by atoms with Crippen LogP contribution >= 0.6 is 0 Å². The summed E-state index contributed by atoms with van der Waals surface area (Å²) in [7, 11) is 1.56. The first-order valence-corrected chi connectivity index (χ1v) is 7.11. The quantitative estimate of drug-likeness (QED) is 0.754. The Morgan fingerprint density at radius 3 is 2.33 bits per heavy atom. The fourth-order valence-corrected chi connectivity index (χ4v) is 2.67. The maximum atomic E-state index is 9.25. The van der Waals surface area contributed by atoms with Crippen LogP contribution in [-0.4, -0.2) is 22.9 Å². The van der Waals surface area contributed by atoms with E-state index in [2.05, 4.69) is 6.07 Å². The summed E-state index contributed by atoms with van der Waals surface area (Å²) in [6.07, 6.45) is 0. The number of aryl methyl sites for hydroxylation is 1. The highest BCUT2D eigenvalue weighted by Gasteiger charge is 2.52. The summed E-state index contributed by atoms with van der Waals surface area (Å²) in [4.78, 5) is 0. The zero-order chi connectivity index (χ0) is 15.4. The first-order chi connectivity index (χ1) is 9.77. The topological polar surface area (TPSA) is 47.2 Å². The third-order valence-electron chi connectivity index (χ3n) is 4.74. The molecule has 0 amide bonds. The van der Waals surface area contributed by atoms with E-state index in [0.29, 0.717) is 5.56 Å². The number of hydrogen-bond acceptors (Lipinski definition) is 3. The maximum Gasteiger partial charge on any atom is 0.512 e. The molecule has 5 heteroatoms. The van der Waals surface area contributed by atoms with Crippen LogP contribution in [-0.2, 0) is 16.4 Å². The van der Waals surface area contributed by atoms with E-state index in [1.807, 2.05) is 63.6 Å². The third kappa shape index (κ3) is 1.98. The van der Waals surface area contributed by atoms with Crippen LogP contribution in [0.1, 0.15) is 33.3 Å². The van der Waals surface area contributed by atoms with Crippen LogP contribution < -0.4 is 5.59 Å². The lowest BCUT2D eigenvalue weighted by Gasteiger charge is -2.32. The summed E-state index contributed by atoms with van der Waals surface area (Å²) in [5, 5.41) is 10.2. The minimum atomic E-state index is -0.418. The molecule has 0 spiro atoms. The van der Waals surface area contributed by atoms with E-state index in [9.17, 15) is 5.26 Å². The number of nitriles is 1. The first kappa shape index (κ1) is 14.2. The van der Waals surface area contributed by atoms with Gasteiger partial charge in [-0.1, -0.05) is 6.07 Å². The lowest BCUT2D eigenvalue weighted by atomic mass is 9.84. The van der Waals surface area contributed by atoms with Crippen LogP contribution in [0.25, 0.3) is 10.9 Å². The lowest BCUT2D eigenvalue weighted by molar-refractivity contribution is 0.00578. The molecule has 1 saturated heterocycles. The molecular weight excluding hydrogens is 263 g/mol. The van der Waals surface area contributed by atoms with Gasteiger partial charge in [0, 0.05) is 23.5 Å². The van der Waals surface area contributed by atoms with Crippen LogP contribution in [0.2, 0.25) is 0 Å². The normalized spacial score (nSPS) is 19.9. The van der Waals surface area contributed by atoms with Crippen molar-refractivity contribution in [1.82, 2.24) is 4.57 Å². The average Bonchev–Trinajstić information content (AvgIpc) is 2.84. The van der Waals surface area contributed by atoms with Crippen molar-refractivity contribution < 1.29 is 9.31 Å². The molecule has 1 aliphatic heterocycles. The van der Waals surface area contributed by atoms with Gasteiger partial charge in [-0.25, -0.2) is 0 Å². The van der Waals surface area contributed by atoms with Gasteiger partial charge in [-0.05, 0) is 45.9 Å². The second kappa shape index (κ2) is 4.36. The van der Waals surface area contributed by atoms with Crippen molar-refractivity contribution in [3.63, 3.8) is 0 Å². The molecule has 0 unspecified atom stereocenters. The Balaban J connectivity index is 2.12. The van der Waals surface area contributed by atoms with E-state index in [-0.39, 0.29) is 11.2 Å². The Morgan fingerprint density at radius 1 is 1.14 bits per heavy atom. The van der Waals surface area contributed by atoms with E-state index in [1.165, 1.54) is 0 Å². The molecule has 1 aromatic heterocycles. The molecule has 1 aliphatic rings. The zero-order valence-electron chi connectivity index (χ0n) is 13.1. The Morgan fingerprint density at radius 2 is 1.76 bits per heavy atom. The van der Waals surface area contributed by atoms with Crippen molar-refractivity contribution >= 4 is 23.6 Å². The van der Waals surface area contributed by atoms with Gasteiger partial charge in [0.1, 0.15) is 0 Å². The van der Waals surface area contributed by atoms with Crippen molar-refractivity contribution in [3.05, 3.63) is 29.8 Å². The van der Waals surface area contributed by atoms with Gasteiger partial charge in [0.2, 0.25) is 0 Å². The van der Waals surface area contributed by atoms with Gasteiger partial charge in [-0.2, -0.15) is 5.26 Å². The third-order valence-corrected chi connectivity index (χ3v) is 4.74. The van der Waals surface area contributed by atoms with Crippen molar-refractivity contribution in [2.24, 2.45) is 7.05 Å². The number of fused-ring (bicyclic) bond motifs is 1. The molecule has 0 saturated carbocycles. The lowest BCUT2D eigenvalue weighted by Crippen LogP contribution is -2.41. The van der Waals surface area contributed by atoms with E-state index in [1.54, 1.807) is 0 Å². The highest BCUT2D eigenvalue weighted by molar-refractivity contribution is 6.61.